The number of amides is 1. The summed E-state index contributed by atoms with van der Waals surface area (Å²) in [7, 11) is -3.14. The van der Waals surface area contributed by atoms with E-state index in [4.69, 9.17) is 16.0 Å². The summed E-state index contributed by atoms with van der Waals surface area (Å²) >= 11 is 5.95. The van der Waals surface area contributed by atoms with Crippen LogP contribution in [-0.4, -0.2) is 36.8 Å². The summed E-state index contributed by atoms with van der Waals surface area (Å²) in [4.78, 5) is 14.6. The van der Waals surface area contributed by atoms with Gasteiger partial charge in [-0.3, -0.25) is 4.79 Å². The molecule has 0 radical (unpaired) electrons. The molecule has 0 saturated carbocycles. The second kappa shape index (κ2) is 9.12. The first-order chi connectivity index (χ1) is 14.9. The molecule has 0 N–H and O–H groups in total. The average Bonchev–Trinajstić information content (AvgIpc) is 3.37. The molecule has 7 heteroatoms. The van der Waals surface area contributed by atoms with Crippen LogP contribution in [0.5, 0.6) is 0 Å². The highest BCUT2D eigenvalue weighted by Crippen LogP contribution is 2.26. The van der Waals surface area contributed by atoms with Gasteiger partial charge in [0.15, 0.2) is 9.84 Å². The molecule has 1 aliphatic heterocycles. The maximum Gasteiger partial charge on any atom is 0.247 e. The first kappa shape index (κ1) is 21.4. The normalized spacial score (nSPS) is 17.8. The Balaban J connectivity index is 1.55. The number of nitrogens with zero attached hydrogens (tertiary/aromatic N) is 1. The number of carbonyl (C=O) groups is 1. The third-order valence-corrected chi connectivity index (χ3v) is 7.27. The van der Waals surface area contributed by atoms with E-state index in [1.54, 1.807) is 23.1 Å². The standard InChI is InChI=1S/C24H22ClNO4S/c25-20-9-7-19(8-10-20)23-12-11-22(30-23)16-26(21-14-15-31(28,29)17-21)24(27)13-6-18-4-2-1-3-5-18/h1-13,21H,14-17H2/b13-6+. The second-order valence-corrected chi connectivity index (χ2v) is 10.2. The van der Waals surface area contributed by atoms with Gasteiger partial charge in [-0.1, -0.05) is 41.9 Å². The Kier molecular flexibility index (Phi) is 6.30. The molecule has 1 aliphatic rings. The Morgan fingerprint density at radius 3 is 2.48 bits per heavy atom. The van der Waals surface area contributed by atoms with E-state index in [2.05, 4.69) is 0 Å². The van der Waals surface area contributed by atoms with Gasteiger partial charge < -0.3 is 9.32 Å². The summed E-state index contributed by atoms with van der Waals surface area (Å²) in [5.74, 6) is 1.09. The van der Waals surface area contributed by atoms with Crippen LogP contribution in [0.25, 0.3) is 17.4 Å². The van der Waals surface area contributed by atoms with E-state index in [0.29, 0.717) is 23.0 Å². The fourth-order valence-electron chi connectivity index (χ4n) is 3.64. The lowest BCUT2D eigenvalue weighted by Gasteiger charge is -2.26. The SMILES string of the molecule is O=C(/C=C/c1ccccc1)N(Cc1ccc(-c2ccc(Cl)cc2)o1)C1CCS(=O)(=O)C1. The molecule has 1 fully saturated rings. The van der Waals surface area contributed by atoms with E-state index >= 15 is 0 Å². The molecular formula is C24H22ClNO4S. The smallest absolute Gasteiger partial charge is 0.247 e. The van der Waals surface area contributed by atoms with Crippen molar-refractivity contribution in [1.29, 1.82) is 0 Å². The monoisotopic (exact) mass is 455 g/mol. The van der Waals surface area contributed by atoms with Crippen molar-refractivity contribution in [3.63, 3.8) is 0 Å². The molecule has 1 atom stereocenters. The summed E-state index contributed by atoms with van der Waals surface area (Å²) in [6, 6.07) is 20.1. The van der Waals surface area contributed by atoms with Crippen LogP contribution < -0.4 is 0 Å². The molecule has 0 spiro atoms. The first-order valence-electron chi connectivity index (χ1n) is 9.98. The molecule has 2 heterocycles. The molecule has 31 heavy (non-hydrogen) atoms. The summed E-state index contributed by atoms with van der Waals surface area (Å²) in [6.07, 6.45) is 3.65. The zero-order valence-corrected chi connectivity index (χ0v) is 18.4. The molecule has 1 saturated heterocycles. The maximum absolute atomic E-state index is 13.0. The number of benzene rings is 2. The van der Waals surface area contributed by atoms with Gasteiger partial charge in [-0.2, -0.15) is 0 Å². The van der Waals surface area contributed by atoms with E-state index in [1.807, 2.05) is 54.6 Å². The van der Waals surface area contributed by atoms with Crippen molar-refractivity contribution in [3.8, 4) is 11.3 Å². The highest BCUT2D eigenvalue weighted by Gasteiger charge is 2.34. The van der Waals surface area contributed by atoms with Gasteiger partial charge in [0.2, 0.25) is 5.91 Å². The van der Waals surface area contributed by atoms with E-state index < -0.39 is 9.84 Å². The molecule has 5 nitrogen and oxygen atoms in total. The molecule has 1 unspecified atom stereocenters. The Morgan fingerprint density at radius 2 is 1.81 bits per heavy atom. The Hall–Kier alpha value is -2.83. The molecule has 2 aromatic carbocycles. The molecule has 4 rings (SSSR count). The van der Waals surface area contributed by atoms with Crippen LogP contribution >= 0.6 is 11.6 Å². The third kappa shape index (κ3) is 5.46. The van der Waals surface area contributed by atoms with Crippen LogP contribution in [0.4, 0.5) is 0 Å². The minimum absolute atomic E-state index is 0.0251. The molecule has 0 bridgehead atoms. The van der Waals surface area contributed by atoms with Gasteiger partial charge in [0.1, 0.15) is 11.5 Å². The van der Waals surface area contributed by atoms with Crippen molar-refractivity contribution >= 4 is 33.4 Å². The maximum atomic E-state index is 13.0. The fraction of sp³-hybridized carbons (Fsp3) is 0.208. The highest BCUT2D eigenvalue weighted by atomic mass is 35.5. The number of furan rings is 1. The predicted octanol–water partition coefficient (Wildman–Crippen LogP) is 4.83. The van der Waals surface area contributed by atoms with Gasteiger partial charge in [0.05, 0.1) is 18.1 Å². The summed E-state index contributed by atoms with van der Waals surface area (Å²) in [5, 5.41) is 0.639. The number of hydrogen-bond acceptors (Lipinski definition) is 4. The van der Waals surface area contributed by atoms with Crippen LogP contribution in [0.2, 0.25) is 5.02 Å². The van der Waals surface area contributed by atoms with Crippen molar-refractivity contribution in [3.05, 3.63) is 89.2 Å². The third-order valence-electron chi connectivity index (χ3n) is 5.27. The van der Waals surface area contributed by atoms with Crippen molar-refractivity contribution in [1.82, 2.24) is 4.90 Å². The second-order valence-electron chi connectivity index (χ2n) is 7.54. The number of rotatable bonds is 6. The fourth-order valence-corrected chi connectivity index (χ4v) is 5.49. The van der Waals surface area contributed by atoms with Crippen LogP contribution in [0, 0.1) is 0 Å². The van der Waals surface area contributed by atoms with Gasteiger partial charge in [0, 0.05) is 22.7 Å². The first-order valence-corrected chi connectivity index (χ1v) is 12.2. The molecule has 160 valence electrons. The molecular weight excluding hydrogens is 434 g/mol. The largest absolute Gasteiger partial charge is 0.459 e. The molecule has 1 aromatic heterocycles. The summed E-state index contributed by atoms with van der Waals surface area (Å²) in [5.41, 5.74) is 1.78. The van der Waals surface area contributed by atoms with Crippen molar-refractivity contribution in [2.45, 2.75) is 19.0 Å². The minimum atomic E-state index is -3.14. The van der Waals surface area contributed by atoms with E-state index in [-0.39, 0.29) is 30.0 Å². The van der Waals surface area contributed by atoms with Crippen LogP contribution in [0.1, 0.15) is 17.7 Å². The zero-order valence-electron chi connectivity index (χ0n) is 16.8. The molecule has 3 aromatic rings. The predicted molar refractivity (Wildman–Crippen MR) is 122 cm³/mol. The zero-order chi connectivity index (χ0) is 21.8. The van der Waals surface area contributed by atoms with Crippen molar-refractivity contribution < 1.29 is 17.6 Å². The lowest BCUT2D eigenvalue weighted by atomic mass is 10.1. The van der Waals surface area contributed by atoms with Gasteiger partial charge in [0.25, 0.3) is 0 Å². The number of sulfone groups is 1. The lowest BCUT2D eigenvalue weighted by molar-refractivity contribution is -0.128. The van der Waals surface area contributed by atoms with E-state index in [0.717, 1.165) is 11.1 Å². The van der Waals surface area contributed by atoms with E-state index in [1.165, 1.54) is 6.08 Å². The van der Waals surface area contributed by atoms with Crippen LogP contribution in [0.3, 0.4) is 0 Å². The van der Waals surface area contributed by atoms with Crippen molar-refractivity contribution in [2.75, 3.05) is 11.5 Å². The molecule has 1 amide bonds. The number of halogens is 1. The van der Waals surface area contributed by atoms with Crippen molar-refractivity contribution in [2.24, 2.45) is 0 Å². The summed E-state index contributed by atoms with van der Waals surface area (Å²) < 4.78 is 30.0. The average molecular weight is 456 g/mol. The van der Waals surface area contributed by atoms with Gasteiger partial charge >= 0.3 is 0 Å². The number of hydrogen-bond donors (Lipinski definition) is 0. The van der Waals surface area contributed by atoms with Gasteiger partial charge in [-0.05, 0) is 54.5 Å². The Labute approximate surface area is 186 Å². The quantitative estimate of drug-likeness (QED) is 0.499. The van der Waals surface area contributed by atoms with Gasteiger partial charge in [-0.25, -0.2) is 8.42 Å². The Morgan fingerprint density at radius 1 is 1.06 bits per heavy atom. The highest BCUT2D eigenvalue weighted by molar-refractivity contribution is 7.91. The Bertz CT molecular complexity index is 1180. The molecule has 0 aliphatic carbocycles. The summed E-state index contributed by atoms with van der Waals surface area (Å²) in [6.45, 7) is 0.200. The van der Waals surface area contributed by atoms with Gasteiger partial charge in [-0.15, -0.1) is 0 Å². The lowest BCUT2D eigenvalue weighted by Crippen LogP contribution is -2.39. The number of carbonyl (C=O) groups excluding carboxylic acids is 1. The minimum Gasteiger partial charge on any atom is -0.459 e. The topological polar surface area (TPSA) is 67.6 Å². The van der Waals surface area contributed by atoms with Crippen LogP contribution in [0.15, 0.2) is 77.2 Å². The van der Waals surface area contributed by atoms with Crippen LogP contribution in [-0.2, 0) is 21.2 Å². The van der Waals surface area contributed by atoms with E-state index in [9.17, 15) is 13.2 Å².